The number of halogens is 2. The van der Waals surface area contributed by atoms with Crippen molar-refractivity contribution in [2.45, 2.75) is 11.8 Å². The van der Waals surface area contributed by atoms with E-state index in [1.165, 1.54) is 12.1 Å². The van der Waals surface area contributed by atoms with Crippen molar-refractivity contribution in [2.24, 2.45) is 0 Å². The van der Waals surface area contributed by atoms with Crippen molar-refractivity contribution in [1.82, 2.24) is 0 Å². The number of alkyl halides is 1. The van der Waals surface area contributed by atoms with Crippen LogP contribution < -0.4 is 0 Å². The van der Waals surface area contributed by atoms with Gasteiger partial charge in [-0.05, 0) is 24.1 Å². The summed E-state index contributed by atoms with van der Waals surface area (Å²) in [7, 11) is 0. The van der Waals surface area contributed by atoms with Crippen LogP contribution in [0.25, 0.3) is 0 Å². The van der Waals surface area contributed by atoms with Crippen LogP contribution in [0.3, 0.4) is 0 Å². The summed E-state index contributed by atoms with van der Waals surface area (Å²) < 4.78 is 13.0. The van der Waals surface area contributed by atoms with Crippen LogP contribution in [0.15, 0.2) is 48.5 Å². The maximum atomic E-state index is 13.0. The second kappa shape index (κ2) is 5.80. The molecule has 2 aromatic rings. The maximum absolute atomic E-state index is 13.0. The molecule has 5 heteroatoms. The molecule has 1 atom stereocenters. The van der Waals surface area contributed by atoms with Gasteiger partial charge in [0.05, 0.1) is 16.4 Å². The van der Waals surface area contributed by atoms with E-state index >= 15 is 0 Å². The van der Waals surface area contributed by atoms with Gasteiger partial charge in [-0.3, -0.25) is 10.1 Å². The molecule has 0 saturated carbocycles. The van der Waals surface area contributed by atoms with Gasteiger partial charge < -0.3 is 0 Å². The highest BCUT2D eigenvalue weighted by atomic mass is 35.5. The first-order valence-electron chi connectivity index (χ1n) is 5.70. The minimum Gasteiger partial charge on any atom is -0.258 e. The van der Waals surface area contributed by atoms with Crippen molar-refractivity contribution < 1.29 is 9.31 Å². The van der Waals surface area contributed by atoms with E-state index in [4.69, 9.17) is 11.6 Å². The quantitative estimate of drug-likeness (QED) is 0.477. The maximum Gasteiger partial charge on any atom is 0.275 e. The van der Waals surface area contributed by atoms with Crippen molar-refractivity contribution in [2.75, 3.05) is 0 Å². The highest BCUT2D eigenvalue weighted by Gasteiger charge is 2.18. The topological polar surface area (TPSA) is 43.1 Å². The van der Waals surface area contributed by atoms with E-state index in [0.29, 0.717) is 5.56 Å². The fraction of sp³-hybridized carbons (Fsp3) is 0.143. The van der Waals surface area contributed by atoms with Crippen LogP contribution >= 0.6 is 11.6 Å². The number of nitro groups is 1. The lowest BCUT2D eigenvalue weighted by molar-refractivity contribution is -0.385. The second-order valence-electron chi connectivity index (χ2n) is 4.11. The van der Waals surface area contributed by atoms with E-state index in [2.05, 4.69) is 0 Å². The third kappa shape index (κ3) is 3.29. The van der Waals surface area contributed by atoms with E-state index in [1.54, 1.807) is 0 Å². The molecule has 98 valence electrons. The number of nitro benzene ring substituents is 1. The first kappa shape index (κ1) is 13.5. The van der Waals surface area contributed by atoms with Gasteiger partial charge >= 0.3 is 0 Å². The Morgan fingerprint density at radius 2 is 1.89 bits per heavy atom. The van der Waals surface area contributed by atoms with Gasteiger partial charge in [-0.2, -0.15) is 0 Å². The van der Waals surface area contributed by atoms with Crippen LogP contribution in [0, 0.1) is 15.9 Å². The molecule has 0 radical (unpaired) electrons. The van der Waals surface area contributed by atoms with Gasteiger partial charge in [-0.25, -0.2) is 4.39 Å². The molecule has 0 N–H and O–H groups in total. The van der Waals surface area contributed by atoms with Crippen molar-refractivity contribution in [1.29, 1.82) is 0 Å². The largest absolute Gasteiger partial charge is 0.275 e. The lowest BCUT2D eigenvalue weighted by atomic mass is 10.0. The SMILES string of the molecule is O=[N+]([O-])c1cc(F)ccc1CC(Cl)c1ccccc1. The molecule has 0 bridgehead atoms. The average molecular weight is 280 g/mol. The van der Waals surface area contributed by atoms with Gasteiger partial charge in [0.2, 0.25) is 0 Å². The molecule has 19 heavy (non-hydrogen) atoms. The van der Waals surface area contributed by atoms with Gasteiger partial charge in [-0.15, -0.1) is 11.6 Å². The van der Waals surface area contributed by atoms with Crippen LogP contribution in [0.4, 0.5) is 10.1 Å². The summed E-state index contributed by atoms with van der Waals surface area (Å²) in [5.74, 6) is -0.624. The number of nitrogens with zero attached hydrogens (tertiary/aromatic N) is 1. The zero-order valence-electron chi connectivity index (χ0n) is 9.92. The summed E-state index contributed by atoms with van der Waals surface area (Å²) in [5, 5.41) is 10.5. The van der Waals surface area contributed by atoms with Crippen LogP contribution in [0.5, 0.6) is 0 Å². The molecule has 0 fully saturated rings. The minimum atomic E-state index is -0.624. The molecule has 0 spiro atoms. The Morgan fingerprint density at radius 3 is 2.53 bits per heavy atom. The summed E-state index contributed by atoms with van der Waals surface area (Å²) in [6.07, 6.45) is 0.280. The summed E-state index contributed by atoms with van der Waals surface area (Å²) in [6, 6.07) is 12.8. The normalized spacial score (nSPS) is 12.1. The molecule has 0 aliphatic heterocycles. The Morgan fingerprint density at radius 1 is 1.21 bits per heavy atom. The second-order valence-corrected chi connectivity index (χ2v) is 4.64. The van der Waals surface area contributed by atoms with Gasteiger partial charge in [0.25, 0.3) is 5.69 Å². The third-order valence-corrected chi connectivity index (χ3v) is 3.21. The summed E-state index contributed by atoms with van der Waals surface area (Å²) >= 11 is 6.24. The standard InChI is InChI=1S/C14H11ClFNO2/c15-13(10-4-2-1-3-5-10)8-11-6-7-12(16)9-14(11)17(18)19/h1-7,9,13H,8H2. The molecule has 1 unspecified atom stereocenters. The Balaban J connectivity index is 2.26. The summed E-state index contributed by atoms with van der Waals surface area (Å²) in [6.45, 7) is 0. The predicted molar refractivity (Wildman–Crippen MR) is 71.8 cm³/mol. The molecule has 0 aliphatic rings. The first-order chi connectivity index (χ1) is 9.08. The molecular weight excluding hydrogens is 269 g/mol. The Hall–Kier alpha value is -1.94. The smallest absolute Gasteiger partial charge is 0.258 e. The Kier molecular flexibility index (Phi) is 4.12. The van der Waals surface area contributed by atoms with Crippen LogP contribution in [-0.2, 0) is 6.42 Å². The fourth-order valence-corrected chi connectivity index (χ4v) is 2.16. The number of benzene rings is 2. The molecule has 0 aromatic heterocycles. The monoisotopic (exact) mass is 279 g/mol. The molecule has 0 heterocycles. The van der Waals surface area contributed by atoms with E-state index in [0.717, 1.165) is 11.6 Å². The van der Waals surface area contributed by atoms with Crippen LogP contribution in [0.2, 0.25) is 0 Å². The highest BCUT2D eigenvalue weighted by Crippen LogP contribution is 2.29. The lowest BCUT2D eigenvalue weighted by Crippen LogP contribution is -2.01. The molecule has 0 amide bonds. The fourth-order valence-electron chi connectivity index (χ4n) is 1.85. The molecule has 2 aromatic carbocycles. The van der Waals surface area contributed by atoms with Gasteiger partial charge in [-0.1, -0.05) is 30.3 Å². The molecular formula is C14H11ClFNO2. The zero-order valence-corrected chi connectivity index (χ0v) is 10.7. The molecule has 3 nitrogen and oxygen atoms in total. The molecule has 0 aliphatic carbocycles. The highest BCUT2D eigenvalue weighted by molar-refractivity contribution is 6.20. The number of rotatable bonds is 4. The van der Waals surface area contributed by atoms with Crippen molar-refractivity contribution in [3.8, 4) is 0 Å². The van der Waals surface area contributed by atoms with Gasteiger partial charge in [0, 0.05) is 5.56 Å². The van der Waals surface area contributed by atoms with Crippen LogP contribution in [-0.4, -0.2) is 4.92 Å². The number of hydrogen-bond acceptors (Lipinski definition) is 2. The van der Waals surface area contributed by atoms with Crippen LogP contribution in [0.1, 0.15) is 16.5 Å². The summed E-state index contributed by atoms with van der Waals surface area (Å²) in [5.41, 5.74) is 1.07. The van der Waals surface area contributed by atoms with E-state index < -0.39 is 10.7 Å². The van der Waals surface area contributed by atoms with Gasteiger partial charge in [0.1, 0.15) is 5.82 Å². The third-order valence-electron chi connectivity index (χ3n) is 2.80. The lowest BCUT2D eigenvalue weighted by Gasteiger charge is -2.10. The Labute approximate surface area is 114 Å². The van der Waals surface area contributed by atoms with Crippen molar-refractivity contribution in [3.63, 3.8) is 0 Å². The summed E-state index contributed by atoms with van der Waals surface area (Å²) in [4.78, 5) is 10.3. The first-order valence-corrected chi connectivity index (χ1v) is 6.13. The van der Waals surface area contributed by atoms with E-state index in [9.17, 15) is 14.5 Å². The van der Waals surface area contributed by atoms with E-state index in [-0.39, 0.29) is 17.5 Å². The molecule has 0 saturated heterocycles. The zero-order chi connectivity index (χ0) is 13.8. The molecule has 2 rings (SSSR count). The minimum absolute atomic E-state index is 0.235. The van der Waals surface area contributed by atoms with Gasteiger partial charge in [0.15, 0.2) is 0 Å². The van der Waals surface area contributed by atoms with E-state index in [1.807, 2.05) is 30.3 Å². The van der Waals surface area contributed by atoms with Crippen molar-refractivity contribution in [3.05, 3.63) is 75.6 Å². The predicted octanol–water partition coefficient (Wildman–Crippen LogP) is 4.26. The number of hydrogen-bond donors (Lipinski definition) is 0. The average Bonchev–Trinajstić information content (AvgIpc) is 2.41. The Bertz CT molecular complexity index is 589. The van der Waals surface area contributed by atoms with Crippen molar-refractivity contribution >= 4 is 17.3 Å².